The summed E-state index contributed by atoms with van der Waals surface area (Å²) in [5.74, 6) is -0.121. The number of amides is 2. The van der Waals surface area contributed by atoms with E-state index in [1.165, 1.54) is 0 Å². The van der Waals surface area contributed by atoms with Crippen LogP contribution in [0.3, 0.4) is 0 Å². The molecule has 0 aliphatic carbocycles. The van der Waals surface area contributed by atoms with E-state index in [0.29, 0.717) is 32.8 Å². The number of hydrogen-bond donors (Lipinski definition) is 1. The SMILES string of the molecule is O=C(C[C@H]1COCCN1C(=O)Cc1ccccn1)NCCn1cccn1. The number of ether oxygens (including phenoxy) is 1. The lowest BCUT2D eigenvalue weighted by Crippen LogP contribution is -2.51. The van der Waals surface area contributed by atoms with Gasteiger partial charge >= 0.3 is 0 Å². The van der Waals surface area contributed by atoms with E-state index in [2.05, 4.69) is 15.4 Å². The fraction of sp³-hybridized carbons (Fsp3) is 0.444. The monoisotopic (exact) mass is 357 g/mol. The molecule has 0 bridgehead atoms. The summed E-state index contributed by atoms with van der Waals surface area (Å²) >= 11 is 0. The van der Waals surface area contributed by atoms with Crippen LogP contribution >= 0.6 is 0 Å². The molecule has 3 heterocycles. The second kappa shape index (κ2) is 9.10. The van der Waals surface area contributed by atoms with Crippen LogP contribution in [0.15, 0.2) is 42.9 Å². The van der Waals surface area contributed by atoms with Crippen molar-refractivity contribution in [2.75, 3.05) is 26.3 Å². The number of carbonyl (C=O) groups excluding carboxylic acids is 2. The van der Waals surface area contributed by atoms with Crippen LogP contribution in [-0.2, 0) is 27.3 Å². The Morgan fingerprint density at radius 1 is 1.27 bits per heavy atom. The van der Waals surface area contributed by atoms with Gasteiger partial charge in [-0.3, -0.25) is 19.3 Å². The molecule has 1 aliphatic rings. The molecule has 2 aromatic heterocycles. The predicted octanol–water partition coefficient (Wildman–Crippen LogP) is 0.254. The standard InChI is InChI=1S/C18H23N5O3/c24-17(20-7-9-22-8-3-6-21-22)13-16-14-26-11-10-23(16)18(25)12-15-4-1-2-5-19-15/h1-6,8,16H,7,9-14H2,(H,20,24)/t16-/m0/s1. The Kier molecular flexibility index (Phi) is 6.32. The number of pyridine rings is 1. The third-order valence-corrected chi connectivity index (χ3v) is 4.25. The van der Waals surface area contributed by atoms with E-state index in [1.807, 2.05) is 30.5 Å². The number of nitrogens with zero attached hydrogens (tertiary/aromatic N) is 4. The first-order chi connectivity index (χ1) is 12.7. The zero-order chi connectivity index (χ0) is 18.2. The Balaban J connectivity index is 1.49. The summed E-state index contributed by atoms with van der Waals surface area (Å²) in [4.78, 5) is 30.8. The summed E-state index contributed by atoms with van der Waals surface area (Å²) in [5.41, 5.74) is 0.728. The summed E-state index contributed by atoms with van der Waals surface area (Å²) in [6.07, 6.45) is 5.68. The van der Waals surface area contributed by atoms with Crippen LogP contribution in [0.25, 0.3) is 0 Å². The molecule has 2 aromatic rings. The van der Waals surface area contributed by atoms with Crippen LogP contribution in [0.5, 0.6) is 0 Å². The number of morpholine rings is 1. The van der Waals surface area contributed by atoms with Crippen molar-refractivity contribution in [3.8, 4) is 0 Å². The molecule has 8 heteroatoms. The summed E-state index contributed by atoms with van der Waals surface area (Å²) in [5, 5.41) is 6.96. The topological polar surface area (TPSA) is 89.4 Å². The first-order valence-corrected chi connectivity index (χ1v) is 8.73. The van der Waals surface area contributed by atoms with Gasteiger partial charge in [-0.05, 0) is 18.2 Å². The maximum atomic E-state index is 12.6. The largest absolute Gasteiger partial charge is 0.377 e. The fourth-order valence-corrected chi connectivity index (χ4v) is 2.94. The number of hydrogen-bond acceptors (Lipinski definition) is 5. The molecule has 1 aliphatic heterocycles. The Morgan fingerprint density at radius 2 is 2.19 bits per heavy atom. The first kappa shape index (κ1) is 18.1. The van der Waals surface area contributed by atoms with Crippen molar-refractivity contribution in [2.24, 2.45) is 0 Å². The predicted molar refractivity (Wildman–Crippen MR) is 94.1 cm³/mol. The fourth-order valence-electron chi connectivity index (χ4n) is 2.94. The van der Waals surface area contributed by atoms with Crippen molar-refractivity contribution in [1.29, 1.82) is 0 Å². The molecule has 8 nitrogen and oxygen atoms in total. The van der Waals surface area contributed by atoms with Crippen LogP contribution < -0.4 is 5.32 Å². The summed E-state index contributed by atoms with van der Waals surface area (Å²) in [7, 11) is 0. The Hall–Kier alpha value is -2.74. The quantitative estimate of drug-likeness (QED) is 0.767. The number of carbonyl (C=O) groups is 2. The van der Waals surface area contributed by atoms with Crippen LogP contribution in [0.4, 0.5) is 0 Å². The average Bonchev–Trinajstić information content (AvgIpc) is 3.16. The molecule has 3 rings (SSSR count). The Morgan fingerprint density at radius 3 is 2.96 bits per heavy atom. The summed E-state index contributed by atoms with van der Waals surface area (Å²) in [6, 6.07) is 7.10. The first-order valence-electron chi connectivity index (χ1n) is 8.73. The van der Waals surface area contributed by atoms with Crippen LogP contribution in [0, 0.1) is 0 Å². The molecule has 0 aromatic carbocycles. The lowest BCUT2D eigenvalue weighted by molar-refractivity contribution is -0.141. The van der Waals surface area contributed by atoms with E-state index in [1.54, 1.807) is 22.0 Å². The van der Waals surface area contributed by atoms with E-state index < -0.39 is 0 Å². The molecule has 0 saturated carbocycles. The smallest absolute Gasteiger partial charge is 0.229 e. The molecule has 0 unspecified atom stereocenters. The third kappa shape index (κ3) is 5.13. The van der Waals surface area contributed by atoms with Crippen molar-refractivity contribution < 1.29 is 14.3 Å². The van der Waals surface area contributed by atoms with Gasteiger partial charge in [0.05, 0.1) is 32.2 Å². The maximum Gasteiger partial charge on any atom is 0.229 e. The lowest BCUT2D eigenvalue weighted by Gasteiger charge is -2.35. The number of aromatic nitrogens is 3. The Bertz CT molecular complexity index is 705. The van der Waals surface area contributed by atoms with Crippen LogP contribution in [0.1, 0.15) is 12.1 Å². The molecule has 1 saturated heterocycles. The minimum absolute atomic E-state index is 0.0265. The van der Waals surface area contributed by atoms with E-state index in [9.17, 15) is 9.59 Å². The maximum absolute atomic E-state index is 12.6. The van der Waals surface area contributed by atoms with E-state index in [0.717, 1.165) is 5.69 Å². The molecule has 138 valence electrons. The zero-order valence-electron chi connectivity index (χ0n) is 14.6. The normalized spacial score (nSPS) is 17.1. The number of nitrogens with one attached hydrogen (secondary N) is 1. The summed E-state index contributed by atoms with van der Waals surface area (Å²) < 4.78 is 7.23. The van der Waals surface area contributed by atoms with Crippen LogP contribution in [0.2, 0.25) is 0 Å². The van der Waals surface area contributed by atoms with Crippen molar-refractivity contribution in [2.45, 2.75) is 25.4 Å². The second-order valence-electron chi connectivity index (χ2n) is 6.14. The minimum atomic E-state index is -0.246. The van der Waals surface area contributed by atoms with Crippen molar-refractivity contribution in [1.82, 2.24) is 25.0 Å². The van der Waals surface area contributed by atoms with Gasteiger partial charge in [-0.1, -0.05) is 6.07 Å². The van der Waals surface area contributed by atoms with Crippen molar-refractivity contribution in [3.63, 3.8) is 0 Å². The third-order valence-electron chi connectivity index (χ3n) is 4.25. The van der Waals surface area contributed by atoms with Gasteiger partial charge in [0, 0.05) is 43.8 Å². The highest BCUT2D eigenvalue weighted by Crippen LogP contribution is 2.13. The van der Waals surface area contributed by atoms with Gasteiger partial charge in [-0.15, -0.1) is 0 Å². The van der Waals surface area contributed by atoms with Gasteiger partial charge in [0.2, 0.25) is 11.8 Å². The molecule has 1 fully saturated rings. The minimum Gasteiger partial charge on any atom is -0.377 e. The van der Waals surface area contributed by atoms with Gasteiger partial charge in [0.15, 0.2) is 0 Å². The van der Waals surface area contributed by atoms with E-state index in [-0.39, 0.29) is 30.7 Å². The molecular weight excluding hydrogens is 334 g/mol. The van der Waals surface area contributed by atoms with Gasteiger partial charge in [-0.25, -0.2) is 0 Å². The lowest BCUT2D eigenvalue weighted by atomic mass is 10.1. The highest BCUT2D eigenvalue weighted by molar-refractivity contribution is 5.81. The van der Waals surface area contributed by atoms with Gasteiger partial charge < -0.3 is 15.0 Å². The van der Waals surface area contributed by atoms with Gasteiger partial charge in [-0.2, -0.15) is 5.10 Å². The zero-order valence-corrected chi connectivity index (χ0v) is 14.6. The second-order valence-corrected chi connectivity index (χ2v) is 6.14. The molecule has 2 amide bonds. The molecule has 0 spiro atoms. The molecule has 26 heavy (non-hydrogen) atoms. The van der Waals surface area contributed by atoms with Crippen molar-refractivity contribution >= 4 is 11.8 Å². The van der Waals surface area contributed by atoms with Crippen molar-refractivity contribution in [3.05, 3.63) is 48.5 Å². The number of rotatable bonds is 7. The molecule has 0 radical (unpaired) electrons. The molecular formula is C18H23N5O3. The average molecular weight is 357 g/mol. The van der Waals surface area contributed by atoms with E-state index >= 15 is 0 Å². The van der Waals surface area contributed by atoms with Gasteiger partial charge in [0.1, 0.15) is 0 Å². The molecule has 1 N–H and O–H groups in total. The Labute approximate surface area is 152 Å². The van der Waals surface area contributed by atoms with E-state index in [4.69, 9.17) is 4.74 Å². The highest BCUT2D eigenvalue weighted by Gasteiger charge is 2.29. The molecule has 1 atom stereocenters. The van der Waals surface area contributed by atoms with Gasteiger partial charge in [0.25, 0.3) is 0 Å². The highest BCUT2D eigenvalue weighted by atomic mass is 16.5. The summed E-state index contributed by atoms with van der Waals surface area (Å²) in [6.45, 7) is 2.47. The van der Waals surface area contributed by atoms with Crippen LogP contribution in [-0.4, -0.2) is 63.8 Å².